The van der Waals surface area contributed by atoms with Crippen molar-refractivity contribution in [3.05, 3.63) is 64.7 Å². The summed E-state index contributed by atoms with van der Waals surface area (Å²) in [5.74, 6) is 1.49. The SMILES string of the molecule is COc1cccc(CNC(=O)CCC2CCCN(C(=O)CCc3cc(C)cc(C)c3)C2)c1. The molecule has 0 bridgehead atoms. The van der Waals surface area contributed by atoms with E-state index in [0.717, 1.165) is 50.1 Å². The van der Waals surface area contributed by atoms with Crippen molar-refractivity contribution >= 4 is 11.8 Å². The number of methoxy groups -OCH3 is 1. The second-order valence-electron chi connectivity index (χ2n) is 9.01. The minimum atomic E-state index is 0.0612. The number of rotatable bonds is 9. The Kier molecular flexibility index (Phi) is 8.72. The van der Waals surface area contributed by atoms with E-state index in [0.29, 0.717) is 25.3 Å². The second kappa shape index (κ2) is 11.7. The molecule has 3 rings (SSSR count). The number of hydrogen-bond acceptors (Lipinski definition) is 3. The van der Waals surface area contributed by atoms with Crippen molar-refractivity contribution in [2.75, 3.05) is 20.2 Å². The van der Waals surface area contributed by atoms with Crippen molar-refractivity contribution in [2.24, 2.45) is 5.92 Å². The second-order valence-corrected chi connectivity index (χ2v) is 9.01. The van der Waals surface area contributed by atoms with Gasteiger partial charge in [0.25, 0.3) is 0 Å². The van der Waals surface area contributed by atoms with E-state index in [1.807, 2.05) is 29.2 Å². The topological polar surface area (TPSA) is 58.6 Å². The molecule has 2 amide bonds. The molecule has 1 fully saturated rings. The van der Waals surface area contributed by atoms with Crippen LogP contribution in [0.3, 0.4) is 0 Å². The summed E-state index contributed by atoms with van der Waals surface area (Å²) in [6.07, 6.45) is 4.77. The number of amides is 2. The van der Waals surface area contributed by atoms with E-state index in [2.05, 4.69) is 37.4 Å². The van der Waals surface area contributed by atoms with Crippen LogP contribution in [-0.4, -0.2) is 36.9 Å². The Morgan fingerprint density at radius 3 is 2.59 bits per heavy atom. The molecule has 1 unspecified atom stereocenters. The van der Waals surface area contributed by atoms with Gasteiger partial charge in [-0.15, -0.1) is 0 Å². The van der Waals surface area contributed by atoms with E-state index in [4.69, 9.17) is 4.74 Å². The Hall–Kier alpha value is -2.82. The zero-order chi connectivity index (χ0) is 22.9. The first-order valence-electron chi connectivity index (χ1n) is 11.7. The normalized spacial score (nSPS) is 16.0. The average molecular weight is 437 g/mol. The van der Waals surface area contributed by atoms with Gasteiger partial charge in [0.1, 0.15) is 5.75 Å². The lowest BCUT2D eigenvalue weighted by atomic mass is 9.92. The van der Waals surface area contributed by atoms with Crippen molar-refractivity contribution < 1.29 is 14.3 Å². The van der Waals surface area contributed by atoms with Gasteiger partial charge in [0.05, 0.1) is 7.11 Å². The molecule has 1 atom stereocenters. The molecule has 1 heterocycles. The molecule has 172 valence electrons. The van der Waals surface area contributed by atoms with Crippen LogP contribution in [0.25, 0.3) is 0 Å². The first-order chi connectivity index (χ1) is 15.4. The third kappa shape index (κ3) is 7.40. The highest BCUT2D eigenvalue weighted by Gasteiger charge is 2.23. The first kappa shape index (κ1) is 23.8. The van der Waals surface area contributed by atoms with E-state index in [9.17, 15) is 9.59 Å². The predicted octanol–water partition coefficient (Wildman–Crippen LogP) is 4.58. The Morgan fingerprint density at radius 2 is 1.84 bits per heavy atom. The van der Waals surface area contributed by atoms with Crippen LogP contribution < -0.4 is 10.1 Å². The van der Waals surface area contributed by atoms with Gasteiger partial charge >= 0.3 is 0 Å². The van der Waals surface area contributed by atoms with Gasteiger partial charge in [0, 0.05) is 32.5 Å². The number of piperidine rings is 1. The number of carbonyl (C=O) groups excluding carboxylic acids is 2. The molecule has 0 radical (unpaired) electrons. The highest BCUT2D eigenvalue weighted by Crippen LogP contribution is 2.22. The largest absolute Gasteiger partial charge is 0.497 e. The van der Waals surface area contributed by atoms with Gasteiger partial charge < -0.3 is 15.0 Å². The van der Waals surface area contributed by atoms with Crippen molar-refractivity contribution in [1.29, 1.82) is 0 Å². The van der Waals surface area contributed by atoms with Gasteiger partial charge in [-0.2, -0.15) is 0 Å². The lowest BCUT2D eigenvalue weighted by Gasteiger charge is -2.33. The summed E-state index contributed by atoms with van der Waals surface area (Å²) in [5, 5.41) is 3.00. The van der Waals surface area contributed by atoms with E-state index < -0.39 is 0 Å². The maximum Gasteiger partial charge on any atom is 0.222 e. The molecule has 1 aliphatic heterocycles. The number of nitrogens with one attached hydrogen (secondary N) is 1. The van der Waals surface area contributed by atoms with Gasteiger partial charge in [-0.05, 0) is 68.7 Å². The molecule has 1 N–H and O–H groups in total. The number of likely N-dealkylation sites (tertiary alicyclic amines) is 1. The highest BCUT2D eigenvalue weighted by atomic mass is 16.5. The fourth-order valence-corrected chi connectivity index (χ4v) is 4.56. The Morgan fingerprint density at radius 1 is 1.06 bits per heavy atom. The molecule has 0 saturated carbocycles. The van der Waals surface area contributed by atoms with Crippen LogP contribution in [0.2, 0.25) is 0 Å². The van der Waals surface area contributed by atoms with Crippen molar-refractivity contribution in [1.82, 2.24) is 10.2 Å². The van der Waals surface area contributed by atoms with Crippen LogP contribution in [0.15, 0.2) is 42.5 Å². The number of nitrogens with zero attached hydrogens (tertiary/aromatic N) is 1. The van der Waals surface area contributed by atoms with Crippen LogP contribution in [0.1, 0.15) is 54.4 Å². The molecule has 0 spiro atoms. The van der Waals surface area contributed by atoms with Crippen LogP contribution in [0.5, 0.6) is 5.75 Å². The fourth-order valence-electron chi connectivity index (χ4n) is 4.56. The van der Waals surface area contributed by atoms with Crippen LogP contribution in [-0.2, 0) is 22.6 Å². The number of ether oxygens (including phenoxy) is 1. The van der Waals surface area contributed by atoms with Gasteiger partial charge in [0.2, 0.25) is 11.8 Å². The van der Waals surface area contributed by atoms with Crippen molar-refractivity contribution in [3.63, 3.8) is 0 Å². The van der Waals surface area contributed by atoms with Crippen LogP contribution in [0.4, 0.5) is 0 Å². The zero-order valence-corrected chi connectivity index (χ0v) is 19.7. The zero-order valence-electron chi connectivity index (χ0n) is 19.7. The summed E-state index contributed by atoms with van der Waals surface area (Å²) in [6.45, 7) is 6.31. The average Bonchev–Trinajstić information content (AvgIpc) is 2.79. The molecule has 5 heteroatoms. The summed E-state index contributed by atoms with van der Waals surface area (Å²) in [5.41, 5.74) is 4.75. The fraction of sp³-hybridized carbons (Fsp3) is 0.481. The van der Waals surface area contributed by atoms with E-state index in [1.54, 1.807) is 7.11 Å². The van der Waals surface area contributed by atoms with Gasteiger partial charge in [0.15, 0.2) is 0 Å². The highest BCUT2D eigenvalue weighted by molar-refractivity contribution is 5.77. The minimum absolute atomic E-state index is 0.0612. The standard InChI is InChI=1S/C27H36N2O3/c1-20-14-21(2)16-23(15-20)10-12-27(31)29-13-5-7-22(19-29)9-11-26(30)28-18-24-6-4-8-25(17-24)32-3/h4,6,8,14-17,22H,5,7,9-13,18-19H2,1-3H3,(H,28,30). The number of benzene rings is 2. The molecule has 2 aromatic carbocycles. The molecule has 1 aliphatic rings. The van der Waals surface area contributed by atoms with Gasteiger partial charge in [-0.25, -0.2) is 0 Å². The molecule has 2 aromatic rings. The number of aryl methyl sites for hydroxylation is 3. The van der Waals surface area contributed by atoms with Crippen LogP contribution in [0, 0.1) is 19.8 Å². The maximum absolute atomic E-state index is 12.8. The monoisotopic (exact) mass is 436 g/mol. The quantitative estimate of drug-likeness (QED) is 0.626. The molecule has 1 saturated heterocycles. The Bertz CT molecular complexity index is 905. The summed E-state index contributed by atoms with van der Waals surface area (Å²) in [7, 11) is 1.64. The third-order valence-electron chi connectivity index (χ3n) is 6.18. The maximum atomic E-state index is 12.8. The van der Waals surface area contributed by atoms with Gasteiger partial charge in [-0.3, -0.25) is 9.59 Å². The van der Waals surface area contributed by atoms with E-state index >= 15 is 0 Å². The van der Waals surface area contributed by atoms with E-state index in [1.165, 1.54) is 16.7 Å². The van der Waals surface area contributed by atoms with Gasteiger partial charge in [-0.1, -0.05) is 41.5 Å². The molecule has 32 heavy (non-hydrogen) atoms. The summed E-state index contributed by atoms with van der Waals surface area (Å²) >= 11 is 0. The molecule has 0 aliphatic carbocycles. The minimum Gasteiger partial charge on any atom is -0.497 e. The molecular weight excluding hydrogens is 400 g/mol. The molecule has 0 aromatic heterocycles. The first-order valence-corrected chi connectivity index (χ1v) is 11.7. The van der Waals surface area contributed by atoms with Crippen molar-refractivity contribution in [2.45, 2.75) is 58.9 Å². The van der Waals surface area contributed by atoms with Crippen molar-refractivity contribution in [3.8, 4) is 5.75 Å². The lowest BCUT2D eigenvalue weighted by Crippen LogP contribution is -2.40. The Balaban J connectivity index is 1.40. The summed E-state index contributed by atoms with van der Waals surface area (Å²) < 4.78 is 5.23. The number of hydrogen-bond donors (Lipinski definition) is 1. The smallest absolute Gasteiger partial charge is 0.222 e. The molecule has 5 nitrogen and oxygen atoms in total. The lowest BCUT2D eigenvalue weighted by molar-refractivity contribution is -0.133. The predicted molar refractivity (Wildman–Crippen MR) is 128 cm³/mol. The molecular formula is C27H36N2O3. The third-order valence-corrected chi connectivity index (χ3v) is 6.18. The van der Waals surface area contributed by atoms with Crippen LogP contribution >= 0.6 is 0 Å². The summed E-state index contributed by atoms with van der Waals surface area (Å²) in [6, 6.07) is 14.2. The Labute approximate surface area is 192 Å². The van der Waals surface area contributed by atoms with E-state index in [-0.39, 0.29) is 11.8 Å². The summed E-state index contributed by atoms with van der Waals surface area (Å²) in [4.78, 5) is 27.1. The number of carbonyl (C=O) groups is 2.